The van der Waals surface area contributed by atoms with Crippen LogP contribution in [0.2, 0.25) is 5.02 Å². The van der Waals surface area contributed by atoms with Crippen molar-refractivity contribution < 1.29 is 9.84 Å². The number of pyridine rings is 1. The molecular weight excluding hydrogens is 278 g/mol. The van der Waals surface area contributed by atoms with E-state index in [-0.39, 0.29) is 18.8 Å². The topological polar surface area (TPSA) is 57.6 Å². The molecule has 2 atom stereocenters. The van der Waals surface area contributed by atoms with Crippen LogP contribution in [-0.4, -0.2) is 53.4 Å². The fourth-order valence-electron chi connectivity index (χ4n) is 2.46. The molecule has 0 aromatic carbocycles. The molecule has 6 heteroatoms. The number of aromatic nitrogens is 1. The molecular formula is C14H22ClN3O2. The normalized spacial score (nSPS) is 23.8. The van der Waals surface area contributed by atoms with E-state index in [1.807, 2.05) is 26.0 Å². The summed E-state index contributed by atoms with van der Waals surface area (Å²) in [4.78, 5) is 6.77. The highest BCUT2D eigenvalue weighted by Gasteiger charge is 2.25. The summed E-state index contributed by atoms with van der Waals surface area (Å²) < 4.78 is 5.64. The first kappa shape index (κ1) is 15.5. The van der Waals surface area contributed by atoms with Crippen molar-refractivity contribution in [3.8, 4) is 0 Å². The average Bonchev–Trinajstić information content (AvgIpc) is 2.42. The van der Waals surface area contributed by atoms with E-state index in [1.54, 1.807) is 0 Å². The van der Waals surface area contributed by atoms with Gasteiger partial charge in [0.2, 0.25) is 0 Å². The molecule has 1 aliphatic heterocycles. The number of ether oxygens (including phenoxy) is 1. The summed E-state index contributed by atoms with van der Waals surface area (Å²) >= 11 is 6.22. The van der Waals surface area contributed by atoms with Gasteiger partial charge in [0.15, 0.2) is 0 Å². The molecule has 1 aromatic rings. The first-order valence-electron chi connectivity index (χ1n) is 7.00. The Bertz CT molecular complexity index is 444. The van der Waals surface area contributed by atoms with E-state index in [0.717, 1.165) is 24.6 Å². The molecule has 5 nitrogen and oxygen atoms in total. The molecule has 0 spiro atoms. The third-order valence-electron chi connectivity index (χ3n) is 3.26. The lowest BCUT2D eigenvalue weighted by atomic mass is 10.2. The number of nitrogens with zero attached hydrogens (tertiary/aromatic N) is 2. The number of halogens is 1. The number of morpholine rings is 1. The summed E-state index contributed by atoms with van der Waals surface area (Å²) in [5.74, 6) is 0.840. The second kappa shape index (κ2) is 7.22. The quantitative estimate of drug-likeness (QED) is 0.867. The van der Waals surface area contributed by atoms with E-state index in [9.17, 15) is 5.11 Å². The molecule has 0 aliphatic carbocycles. The molecule has 2 N–H and O–H groups in total. The van der Waals surface area contributed by atoms with E-state index in [2.05, 4.69) is 15.2 Å². The van der Waals surface area contributed by atoms with Crippen molar-refractivity contribution in [3.63, 3.8) is 0 Å². The Labute approximate surface area is 124 Å². The highest BCUT2D eigenvalue weighted by molar-refractivity contribution is 6.31. The summed E-state index contributed by atoms with van der Waals surface area (Å²) in [7, 11) is 0. The zero-order chi connectivity index (χ0) is 14.5. The number of anilines is 1. The Morgan fingerprint density at radius 3 is 3.00 bits per heavy atom. The van der Waals surface area contributed by atoms with Gasteiger partial charge in [0.05, 0.1) is 29.5 Å². The van der Waals surface area contributed by atoms with E-state index in [1.165, 1.54) is 0 Å². The first-order valence-corrected chi connectivity index (χ1v) is 7.38. The van der Waals surface area contributed by atoms with Crippen LogP contribution in [-0.2, 0) is 11.3 Å². The summed E-state index contributed by atoms with van der Waals surface area (Å²) in [6.45, 7) is 7.10. The lowest BCUT2D eigenvalue weighted by Gasteiger charge is -2.36. The van der Waals surface area contributed by atoms with Gasteiger partial charge >= 0.3 is 0 Å². The van der Waals surface area contributed by atoms with Crippen LogP contribution in [0.5, 0.6) is 0 Å². The molecule has 1 fully saturated rings. The molecule has 1 aliphatic rings. The molecule has 1 aromatic heterocycles. The summed E-state index contributed by atoms with van der Waals surface area (Å²) in [6.07, 6.45) is -0.0221. The highest BCUT2D eigenvalue weighted by atomic mass is 35.5. The van der Waals surface area contributed by atoms with Crippen molar-refractivity contribution in [2.24, 2.45) is 0 Å². The molecule has 2 unspecified atom stereocenters. The number of nitrogens with one attached hydrogen (secondary N) is 1. The van der Waals surface area contributed by atoms with Crippen LogP contribution in [0.4, 0.5) is 5.82 Å². The monoisotopic (exact) mass is 299 g/mol. The van der Waals surface area contributed by atoms with Crippen LogP contribution in [0.25, 0.3) is 0 Å². The van der Waals surface area contributed by atoms with Crippen LogP contribution in [0.3, 0.4) is 0 Å². The average molecular weight is 300 g/mol. The number of rotatable bonds is 5. The second-order valence-electron chi connectivity index (χ2n) is 5.10. The van der Waals surface area contributed by atoms with Crippen LogP contribution >= 0.6 is 11.6 Å². The smallest absolute Gasteiger partial charge is 0.126 e. The van der Waals surface area contributed by atoms with Crippen LogP contribution in [0.15, 0.2) is 12.1 Å². The largest absolute Gasteiger partial charge is 0.394 e. The number of aliphatic hydroxyl groups excluding tert-OH is 1. The summed E-state index contributed by atoms with van der Waals surface area (Å²) in [6, 6.07) is 3.75. The van der Waals surface area contributed by atoms with Gasteiger partial charge in [-0.3, -0.25) is 4.90 Å². The van der Waals surface area contributed by atoms with Gasteiger partial charge in [-0.05, 0) is 26.0 Å². The zero-order valence-electron chi connectivity index (χ0n) is 12.0. The van der Waals surface area contributed by atoms with Gasteiger partial charge in [0.25, 0.3) is 0 Å². The van der Waals surface area contributed by atoms with Crippen molar-refractivity contribution in [3.05, 3.63) is 22.8 Å². The Balaban J connectivity index is 2.06. The molecule has 1 saturated heterocycles. The van der Waals surface area contributed by atoms with E-state index in [4.69, 9.17) is 16.3 Å². The molecule has 0 bridgehead atoms. The minimum Gasteiger partial charge on any atom is -0.394 e. The fourth-order valence-corrected chi connectivity index (χ4v) is 2.62. The molecule has 0 amide bonds. The van der Waals surface area contributed by atoms with Crippen molar-refractivity contribution in [2.75, 3.05) is 31.6 Å². The Morgan fingerprint density at radius 2 is 2.30 bits per heavy atom. The lowest BCUT2D eigenvalue weighted by molar-refractivity contribution is -0.0974. The number of aliphatic hydroxyl groups is 1. The molecule has 2 rings (SSSR count). The second-order valence-corrected chi connectivity index (χ2v) is 5.51. The minimum absolute atomic E-state index is 0.0411. The fraction of sp³-hybridized carbons (Fsp3) is 0.643. The molecule has 0 saturated carbocycles. The van der Waals surface area contributed by atoms with Crippen molar-refractivity contribution in [1.29, 1.82) is 0 Å². The molecule has 2 heterocycles. The van der Waals surface area contributed by atoms with Gasteiger partial charge in [0.1, 0.15) is 5.82 Å². The summed E-state index contributed by atoms with van der Waals surface area (Å²) in [5, 5.41) is 13.1. The molecule has 0 radical (unpaired) electrons. The zero-order valence-corrected chi connectivity index (χ0v) is 12.7. The third-order valence-corrected chi connectivity index (χ3v) is 3.60. The van der Waals surface area contributed by atoms with E-state index >= 15 is 0 Å². The molecule has 112 valence electrons. The maximum Gasteiger partial charge on any atom is 0.126 e. The SMILES string of the molecule is CCNc1ccc(Cl)c(CN2CC(C)OC(CO)C2)n1. The van der Waals surface area contributed by atoms with Gasteiger partial charge in [-0.25, -0.2) is 4.98 Å². The van der Waals surface area contributed by atoms with E-state index < -0.39 is 0 Å². The van der Waals surface area contributed by atoms with E-state index in [0.29, 0.717) is 18.1 Å². The predicted molar refractivity (Wildman–Crippen MR) is 80.1 cm³/mol. The minimum atomic E-state index is -0.130. The standard InChI is InChI=1S/C14H22ClN3O2/c1-3-16-14-5-4-12(15)13(17-14)8-18-6-10(2)20-11(7-18)9-19/h4-5,10-11,19H,3,6-9H2,1-2H3,(H,16,17). The van der Waals surface area contributed by atoms with Crippen LogP contribution < -0.4 is 5.32 Å². The number of hydrogen-bond donors (Lipinski definition) is 2. The Hall–Kier alpha value is -0.880. The van der Waals surface area contributed by atoms with Crippen LogP contribution in [0, 0.1) is 0 Å². The van der Waals surface area contributed by atoms with Gasteiger partial charge in [-0.15, -0.1) is 0 Å². The number of hydrogen-bond acceptors (Lipinski definition) is 5. The highest BCUT2D eigenvalue weighted by Crippen LogP contribution is 2.20. The lowest BCUT2D eigenvalue weighted by Crippen LogP contribution is -2.47. The van der Waals surface area contributed by atoms with Gasteiger partial charge in [-0.2, -0.15) is 0 Å². The first-order chi connectivity index (χ1) is 9.62. The van der Waals surface area contributed by atoms with Crippen molar-refractivity contribution in [2.45, 2.75) is 32.6 Å². The van der Waals surface area contributed by atoms with Gasteiger partial charge in [-0.1, -0.05) is 11.6 Å². The van der Waals surface area contributed by atoms with Crippen molar-refractivity contribution >= 4 is 17.4 Å². The Morgan fingerprint density at radius 1 is 1.50 bits per heavy atom. The molecule has 20 heavy (non-hydrogen) atoms. The van der Waals surface area contributed by atoms with Crippen molar-refractivity contribution in [1.82, 2.24) is 9.88 Å². The van der Waals surface area contributed by atoms with Crippen LogP contribution in [0.1, 0.15) is 19.5 Å². The van der Waals surface area contributed by atoms with Gasteiger partial charge in [0, 0.05) is 26.2 Å². The summed E-state index contributed by atoms with van der Waals surface area (Å²) in [5.41, 5.74) is 0.857. The van der Waals surface area contributed by atoms with Gasteiger partial charge < -0.3 is 15.2 Å². The third kappa shape index (κ3) is 4.06. The maximum atomic E-state index is 9.26. The Kier molecular flexibility index (Phi) is 5.60. The maximum absolute atomic E-state index is 9.26. The predicted octanol–water partition coefficient (Wildman–Crippen LogP) is 1.75.